The Kier molecular flexibility index (Phi) is 3.18. The van der Waals surface area contributed by atoms with Crippen LogP contribution >= 0.6 is 0 Å². The van der Waals surface area contributed by atoms with Crippen LogP contribution in [-0.4, -0.2) is 15.3 Å². The lowest BCUT2D eigenvalue weighted by Crippen LogP contribution is -1.92. The summed E-state index contributed by atoms with van der Waals surface area (Å²) < 4.78 is 0. The van der Waals surface area contributed by atoms with Crippen LogP contribution in [0.15, 0.2) is 48.5 Å². The van der Waals surface area contributed by atoms with Crippen molar-refractivity contribution in [2.75, 3.05) is 0 Å². The van der Waals surface area contributed by atoms with Gasteiger partial charge in [-0.1, -0.05) is 54.1 Å². The van der Waals surface area contributed by atoms with E-state index >= 15 is 0 Å². The van der Waals surface area contributed by atoms with E-state index in [2.05, 4.69) is 0 Å². The molecule has 3 N–H and O–H groups in total. The van der Waals surface area contributed by atoms with Gasteiger partial charge in [-0.3, -0.25) is 0 Å². The van der Waals surface area contributed by atoms with Gasteiger partial charge in [0, 0.05) is 22.8 Å². The topological polar surface area (TPSA) is 60.7 Å². The molecule has 0 unspecified atom stereocenters. The van der Waals surface area contributed by atoms with Gasteiger partial charge in [-0.05, 0) is 12.5 Å². The fraction of sp³-hybridized carbons (Fsp3) is 0.111. The Morgan fingerprint density at radius 1 is 0.714 bits per heavy atom. The molecule has 0 aromatic heterocycles. The second kappa shape index (κ2) is 5.02. The van der Waals surface area contributed by atoms with Crippen LogP contribution in [0.25, 0.3) is 10.8 Å². The van der Waals surface area contributed by atoms with Crippen LogP contribution in [0.4, 0.5) is 0 Å². The van der Waals surface area contributed by atoms with E-state index in [0.717, 1.165) is 11.1 Å². The first-order valence-corrected chi connectivity index (χ1v) is 6.78. The minimum absolute atomic E-state index is 0.0153. The second-order valence-corrected chi connectivity index (χ2v) is 5.23. The molecule has 3 aromatic carbocycles. The first-order valence-electron chi connectivity index (χ1n) is 6.78. The SMILES string of the molecule is Cc1ccc(Cc2c(O)c(O)c3ccccc3c2O)cc1. The number of aromatic hydroxyl groups is 3. The molecule has 0 amide bonds. The second-order valence-electron chi connectivity index (χ2n) is 5.23. The van der Waals surface area contributed by atoms with Crippen molar-refractivity contribution < 1.29 is 15.3 Å². The van der Waals surface area contributed by atoms with Crippen molar-refractivity contribution in [3.05, 3.63) is 65.2 Å². The highest BCUT2D eigenvalue weighted by Gasteiger charge is 2.18. The van der Waals surface area contributed by atoms with Crippen molar-refractivity contribution in [1.29, 1.82) is 0 Å². The van der Waals surface area contributed by atoms with Gasteiger partial charge in [0.15, 0.2) is 11.5 Å². The molecule has 0 spiro atoms. The van der Waals surface area contributed by atoms with Crippen LogP contribution in [-0.2, 0) is 6.42 Å². The van der Waals surface area contributed by atoms with E-state index in [0.29, 0.717) is 22.8 Å². The lowest BCUT2D eigenvalue weighted by atomic mass is 9.97. The normalized spacial score (nSPS) is 10.9. The van der Waals surface area contributed by atoms with Crippen LogP contribution in [0, 0.1) is 6.92 Å². The summed E-state index contributed by atoms with van der Waals surface area (Å²) in [7, 11) is 0. The third-order valence-electron chi connectivity index (χ3n) is 3.73. The van der Waals surface area contributed by atoms with Gasteiger partial charge in [-0.2, -0.15) is 0 Å². The quantitative estimate of drug-likeness (QED) is 0.493. The van der Waals surface area contributed by atoms with Crippen molar-refractivity contribution >= 4 is 10.8 Å². The minimum atomic E-state index is -0.258. The maximum Gasteiger partial charge on any atom is 0.166 e. The van der Waals surface area contributed by atoms with Gasteiger partial charge in [0.1, 0.15) is 5.75 Å². The number of phenols is 3. The van der Waals surface area contributed by atoms with Crippen LogP contribution in [0.5, 0.6) is 17.2 Å². The summed E-state index contributed by atoms with van der Waals surface area (Å²) >= 11 is 0. The van der Waals surface area contributed by atoms with Crippen LogP contribution in [0.1, 0.15) is 16.7 Å². The van der Waals surface area contributed by atoms with Gasteiger partial charge >= 0.3 is 0 Å². The highest BCUT2D eigenvalue weighted by molar-refractivity contribution is 5.96. The summed E-state index contributed by atoms with van der Waals surface area (Å²) in [6.45, 7) is 2.00. The molecular weight excluding hydrogens is 264 g/mol. The Morgan fingerprint density at radius 2 is 1.29 bits per heavy atom. The fourth-order valence-electron chi connectivity index (χ4n) is 2.52. The Labute approximate surface area is 122 Å². The molecule has 3 heteroatoms. The van der Waals surface area contributed by atoms with E-state index in [4.69, 9.17) is 0 Å². The maximum absolute atomic E-state index is 10.4. The fourth-order valence-corrected chi connectivity index (χ4v) is 2.52. The van der Waals surface area contributed by atoms with Gasteiger partial charge in [-0.25, -0.2) is 0 Å². The Balaban J connectivity index is 2.16. The zero-order chi connectivity index (χ0) is 15.0. The Morgan fingerprint density at radius 3 is 1.90 bits per heavy atom. The molecule has 3 rings (SSSR count). The van der Waals surface area contributed by atoms with E-state index in [9.17, 15) is 15.3 Å². The number of fused-ring (bicyclic) bond motifs is 1. The van der Waals surface area contributed by atoms with Crippen LogP contribution < -0.4 is 0 Å². The smallest absolute Gasteiger partial charge is 0.166 e. The van der Waals surface area contributed by atoms with Gasteiger partial charge in [0.25, 0.3) is 0 Å². The first-order chi connectivity index (χ1) is 10.1. The lowest BCUT2D eigenvalue weighted by Gasteiger charge is -2.13. The maximum atomic E-state index is 10.4. The molecule has 0 aliphatic heterocycles. The summed E-state index contributed by atoms with van der Waals surface area (Å²) in [5.41, 5.74) is 2.45. The third-order valence-corrected chi connectivity index (χ3v) is 3.73. The first kappa shape index (κ1) is 13.3. The summed E-state index contributed by atoms with van der Waals surface area (Å²) in [6, 6.07) is 14.8. The number of rotatable bonds is 2. The Hall–Kier alpha value is -2.68. The van der Waals surface area contributed by atoms with Crippen LogP contribution in [0.3, 0.4) is 0 Å². The third kappa shape index (κ3) is 2.27. The van der Waals surface area contributed by atoms with Crippen LogP contribution in [0.2, 0.25) is 0 Å². The van der Waals surface area contributed by atoms with E-state index < -0.39 is 0 Å². The number of hydrogen-bond acceptors (Lipinski definition) is 3. The molecule has 106 valence electrons. The monoisotopic (exact) mass is 280 g/mol. The van der Waals surface area contributed by atoms with Gasteiger partial charge in [-0.15, -0.1) is 0 Å². The van der Waals surface area contributed by atoms with Crippen molar-refractivity contribution in [3.8, 4) is 17.2 Å². The molecule has 21 heavy (non-hydrogen) atoms. The molecule has 0 radical (unpaired) electrons. The number of aryl methyl sites for hydroxylation is 1. The van der Waals surface area contributed by atoms with Crippen molar-refractivity contribution in [3.63, 3.8) is 0 Å². The molecule has 3 aromatic rings. The molecular formula is C18H16O3. The van der Waals surface area contributed by atoms with E-state index in [1.54, 1.807) is 24.3 Å². The molecule has 0 aliphatic carbocycles. The largest absolute Gasteiger partial charge is 0.507 e. The average Bonchev–Trinajstić information content (AvgIpc) is 2.51. The van der Waals surface area contributed by atoms with E-state index in [1.165, 1.54) is 0 Å². The highest BCUT2D eigenvalue weighted by atomic mass is 16.3. The summed E-state index contributed by atoms with van der Waals surface area (Å²) in [5.74, 6) is -0.432. The molecule has 0 aliphatic rings. The van der Waals surface area contributed by atoms with Crippen molar-refractivity contribution in [1.82, 2.24) is 0 Å². The predicted molar refractivity (Wildman–Crippen MR) is 82.9 cm³/mol. The molecule has 0 saturated heterocycles. The summed E-state index contributed by atoms with van der Waals surface area (Å²) in [5, 5.41) is 31.7. The molecule has 0 atom stereocenters. The number of hydrogen-bond donors (Lipinski definition) is 3. The molecule has 3 nitrogen and oxygen atoms in total. The lowest BCUT2D eigenvalue weighted by molar-refractivity contribution is 0.396. The summed E-state index contributed by atoms with van der Waals surface area (Å²) in [4.78, 5) is 0. The van der Waals surface area contributed by atoms with E-state index in [1.807, 2.05) is 31.2 Å². The zero-order valence-corrected chi connectivity index (χ0v) is 11.7. The average molecular weight is 280 g/mol. The summed E-state index contributed by atoms with van der Waals surface area (Å²) in [6.07, 6.45) is 0.357. The Bertz CT molecular complexity index is 805. The van der Waals surface area contributed by atoms with Crippen molar-refractivity contribution in [2.45, 2.75) is 13.3 Å². The molecule has 0 bridgehead atoms. The molecule has 0 heterocycles. The molecule has 0 fully saturated rings. The minimum Gasteiger partial charge on any atom is -0.507 e. The molecule has 0 saturated carbocycles. The number of phenolic OH excluding ortho intramolecular Hbond substituents is 3. The number of benzene rings is 3. The van der Waals surface area contributed by atoms with Gasteiger partial charge in [0.2, 0.25) is 0 Å². The van der Waals surface area contributed by atoms with Crippen molar-refractivity contribution in [2.24, 2.45) is 0 Å². The highest BCUT2D eigenvalue weighted by Crippen LogP contribution is 2.44. The van der Waals surface area contributed by atoms with Gasteiger partial charge < -0.3 is 15.3 Å². The predicted octanol–water partition coefficient (Wildman–Crippen LogP) is 3.86. The van der Waals surface area contributed by atoms with E-state index in [-0.39, 0.29) is 17.2 Å². The standard InChI is InChI=1S/C18H16O3/c1-11-6-8-12(9-7-11)10-15-16(19)13-4-2-3-5-14(13)17(20)18(15)21/h2-9,19-21H,10H2,1H3. The zero-order valence-electron chi connectivity index (χ0n) is 11.7. The van der Waals surface area contributed by atoms with Gasteiger partial charge in [0.05, 0.1) is 0 Å².